The van der Waals surface area contributed by atoms with Crippen molar-refractivity contribution >= 4 is 5.97 Å². The van der Waals surface area contributed by atoms with E-state index in [0.29, 0.717) is 17.7 Å². The molecule has 0 saturated heterocycles. The molecular formula is C23H21N5O2. The summed E-state index contributed by atoms with van der Waals surface area (Å²) in [6, 6.07) is 9.65. The number of rotatable bonds is 4. The molecule has 2 aromatic heterocycles. The van der Waals surface area contributed by atoms with Crippen molar-refractivity contribution in [3.63, 3.8) is 0 Å². The van der Waals surface area contributed by atoms with E-state index in [1.807, 2.05) is 23.0 Å². The lowest BCUT2D eigenvalue weighted by atomic mass is 9.96. The normalized spacial score (nSPS) is 15.4. The van der Waals surface area contributed by atoms with E-state index in [9.17, 15) is 4.79 Å². The first-order chi connectivity index (χ1) is 14.6. The third-order valence-electron chi connectivity index (χ3n) is 6.08. The Labute approximate surface area is 174 Å². The van der Waals surface area contributed by atoms with Gasteiger partial charge in [-0.15, -0.1) is 0 Å². The van der Waals surface area contributed by atoms with Crippen LogP contribution in [0.25, 0.3) is 5.82 Å². The number of fused-ring (bicyclic) bond motifs is 2. The Kier molecular flexibility index (Phi) is 4.57. The highest BCUT2D eigenvalue weighted by Crippen LogP contribution is 2.27. The maximum Gasteiger partial charge on any atom is 0.338 e. The Balaban J connectivity index is 1.28. The lowest BCUT2D eigenvalue weighted by molar-refractivity contribution is 0.0535. The van der Waals surface area contributed by atoms with Gasteiger partial charge >= 0.3 is 5.97 Å². The summed E-state index contributed by atoms with van der Waals surface area (Å²) in [5, 5.41) is 13.5. The van der Waals surface area contributed by atoms with Crippen LogP contribution in [-0.2, 0) is 30.7 Å². The van der Waals surface area contributed by atoms with Crippen LogP contribution in [0.4, 0.5) is 0 Å². The highest BCUT2D eigenvalue weighted by Gasteiger charge is 2.25. The van der Waals surface area contributed by atoms with Crippen molar-refractivity contribution in [3.05, 3.63) is 75.7 Å². The number of carbonyl (C=O) groups excluding carboxylic acids is 1. The SMILES string of the molecule is Cc1c(CCN2CCc3c(cnn3-c3ccc(C#N)cn3)C2)ccc2c1COC2=O. The first kappa shape index (κ1) is 18.5. The molecule has 150 valence electrons. The molecule has 0 N–H and O–H groups in total. The highest BCUT2D eigenvalue weighted by atomic mass is 16.5. The summed E-state index contributed by atoms with van der Waals surface area (Å²) >= 11 is 0. The minimum Gasteiger partial charge on any atom is -0.457 e. The summed E-state index contributed by atoms with van der Waals surface area (Å²) in [7, 11) is 0. The van der Waals surface area contributed by atoms with Crippen LogP contribution in [0, 0.1) is 18.3 Å². The fourth-order valence-corrected chi connectivity index (χ4v) is 4.30. The number of benzene rings is 1. The molecule has 3 aromatic rings. The van der Waals surface area contributed by atoms with Gasteiger partial charge in [0, 0.05) is 43.4 Å². The van der Waals surface area contributed by atoms with Gasteiger partial charge in [0.1, 0.15) is 12.7 Å². The zero-order valence-corrected chi connectivity index (χ0v) is 16.8. The van der Waals surface area contributed by atoms with Crippen molar-refractivity contribution in [1.82, 2.24) is 19.7 Å². The molecule has 7 nitrogen and oxygen atoms in total. The van der Waals surface area contributed by atoms with E-state index in [0.717, 1.165) is 43.9 Å². The minimum atomic E-state index is -0.211. The van der Waals surface area contributed by atoms with Crippen molar-refractivity contribution < 1.29 is 9.53 Å². The van der Waals surface area contributed by atoms with Gasteiger partial charge in [0.05, 0.1) is 23.0 Å². The third-order valence-corrected chi connectivity index (χ3v) is 6.08. The average molecular weight is 399 g/mol. The molecule has 0 saturated carbocycles. The topological polar surface area (TPSA) is 84.0 Å². The standard InChI is InChI=1S/C23H21N5O2/c1-15-17(3-4-19-20(15)14-30-23(19)29)6-8-27-9-7-21-18(13-27)12-26-28(21)22-5-2-16(10-24)11-25-22/h2-5,11-12H,6-9,13-14H2,1H3. The molecule has 2 aliphatic heterocycles. The summed E-state index contributed by atoms with van der Waals surface area (Å²) in [4.78, 5) is 18.5. The predicted molar refractivity (Wildman–Crippen MR) is 109 cm³/mol. The van der Waals surface area contributed by atoms with E-state index in [4.69, 9.17) is 10.00 Å². The second kappa shape index (κ2) is 7.39. The molecule has 30 heavy (non-hydrogen) atoms. The lowest BCUT2D eigenvalue weighted by Gasteiger charge is -2.27. The summed E-state index contributed by atoms with van der Waals surface area (Å²) in [6.45, 7) is 5.24. The van der Waals surface area contributed by atoms with Gasteiger partial charge in [-0.1, -0.05) is 6.07 Å². The highest BCUT2D eigenvalue weighted by molar-refractivity contribution is 5.93. The number of hydrogen-bond donors (Lipinski definition) is 0. The van der Waals surface area contributed by atoms with E-state index in [2.05, 4.69) is 34.0 Å². The van der Waals surface area contributed by atoms with E-state index in [1.165, 1.54) is 22.4 Å². The number of aromatic nitrogens is 3. The van der Waals surface area contributed by atoms with Gasteiger partial charge in [0.15, 0.2) is 5.82 Å². The fourth-order valence-electron chi connectivity index (χ4n) is 4.30. The molecule has 2 aliphatic rings. The van der Waals surface area contributed by atoms with E-state index < -0.39 is 0 Å². The van der Waals surface area contributed by atoms with Crippen LogP contribution in [0.15, 0.2) is 36.7 Å². The molecule has 7 heteroatoms. The Morgan fingerprint density at radius 3 is 2.93 bits per heavy atom. The van der Waals surface area contributed by atoms with Gasteiger partial charge in [-0.2, -0.15) is 10.4 Å². The lowest BCUT2D eigenvalue weighted by Crippen LogP contribution is -2.32. The van der Waals surface area contributed by atoms with Gasteiger partial charge < -0.3 is 4.74 Å². The summed E-state index contributed by atoms with van der Waals surface area (Å²) in [5.74, 6) is 0.534. The predicted octanol–water partition coefficient (Wildman–Crippen LogP) is 2.72. The second-order valence-electron chi connectivity index (χ2n) is 7.77. The molecule has 0 atom stereocenters. The molecule has 0 unspecified atom stereocenters. The summed E-state index contributed by atoms with van der Waals surface area (Å²) < 4.78 is 7.05. The maximum atomic E-state index is 11.7. The monoisotopic (exact) mass is 399 g/mol. The first-order valence-corrected chi connectivity index (χ1v) is 10.1. The molecule has 1 aromatic carbocycles. The zero-order chi connectivity index (χ0) is 20.7. The van der Waals surface area contributed by atoms with Crippen LogP contribution < -0.4 is 0 Å². The molecule has 4 heterocycles. The van der Waals surface area contributed by atoms with Crippen LogP contribution in [-0.4, -0.2) is 38.7 Å². The number of ether oxygens (including phenoxy) is 1. The van der Waals surface area contributed by atoms with Crippen molar-refractivity contribution in [2.75, 3.05) is 13.1 Å². The number of carbonyl (C=O) groups is 1. The molecule has 0 fully saturated rings. The zero-order valence-electron chi connectivity index (χ0n) is 16.8. The molecular weight excluding hydrogens is 378 g/mol. The number of cyclic esters (lactones) is 1. The molecule has 0 spiro atoms. The summed E-state index contributed by atoms with van der Waals surface area (Å²) in [6.07, 6.45) is 5.34. The fraction of sp³-hybridized carbons (Fsp3) is 0.304. The smallest absolute Gasteiger partial charge is 0.338 e. The van der Waals surface area contributed by atoms with Crippen LogP contribution in [0.1, 0.15) is 43.9 Å². The average Bonchev–Trinajstić information content (AvgIpc) is 3.37. The van der Waals surface area contributed by atoms with E-state index >= 15 is 0 Å². The number of esters is 1. The second-order valence-corrected chi connectivity index (χ2v) is 7.77. The Morgan fingerprint density at radius 1 is 1.23 bits per heavy atom. The van der Waals surface area contributed by atoms with Crippen molar-refractivity contribution in [2.24, 2.45) is 0 Å². The maximum absolute atomic E-state index is 11.7. The van der Waals surface area contributed by atoms with Gasteiger partial charge in [-0.3, -0.25) is 4.90 Å². The number of hydrogen-bond acceptors (Lipinski definition) is 6. The van der Waals surface area contributed by atoms with Crippen LogP contribution in [0.2, 0.25) is 0 Å². The third kappa shape index (κ3) is 3.15. The number of nitriles is 1. The van der Waals surface area contributed by atoms with Crippen molar-refractivity contribution in [1.29, 1.82) is 5.26 Å². The van der Waals surface area contributed by atoms with E-state index in [1.54, 1.807) is 12.3 Å². The minimum absolute atomic E-state index is 0.211. The van der Waals surface area contributed by atoms with Gasteiger partial charge in [-0.25, -0.2) is 14.5 Å². The van der Waals surface area contributed by atoms with Crippen molar-refractivity contribution in [3.8, 4) is 11.9 Å². The van der Waals surface area contributed by atoms with Crippen LogP contribution >= 0.6 is 0 Å². The first-order valence-electron chi connectivity index (χ1n) is 10.1. The van der Waals surface area contributed by atoms with Gasteiger partial charge in [0.2, 0.25) is 0 Å². The Morgan fingerprint density at radius 2 is 2.13 bits per heavy atom. The van der Waals surface area contributed by atoms with Crippen LogP contribution in [0.5, 0.6) is 0 Å². The quantitative estimate of drug-likeness (QED) is 0.627. The Hall–Kier alpha value is -3.50. The summed E-state index contributed by atoms with van der Waals surface area (Å²) in [5.41, 5.74) is 7.15. The van der Waals surface area contributed by atoms with E-state index in [-0.39, 0.29) is 5.97 Å². The molecule has 5 rings (SSSR count). The molecule has 0 bridgehead atoms. The molecule has 0 radical (unpaired) electrons. The van der Waals surface area contributed by atoms with Gasteiger partial charge in [-0.05, 0) is 42.7 Å². The van der Waals surface area contributed by atoms with Gasteiger partial charge in [0.25, 0.3) is 0 Å². The van der Waals surface area contributed by atoms with Crippen molar-refractivity contribution in [2.45, 2.75) is 32.9 Å². The Bertz CT molecular complexity index is 1170. The molecule has 0 aliphatic carbocycles. The largest absolute Gasteiger partial charge is 0.457 e. The molecule has 0 amide bonds. The number of pyridine rings is 1. The number of nitrogens with zero attached hydrogens (tertiary/aromatic N) is 5. The van der Waals surface area contributed by atoms with Crippen LogP contribution in [0.3, 0.4) is 0 Å².